The molecule has 4 nitrogen and oxygen atoms in total. The third kappa shape index (κ3) is 3.83. The second-order valence-corrected chi connectivity index (χ2v) is 7.48. The number of hydrogen-bond donors (Lipinski definition) is 0. The van der Waals surface area contributed by atoms with Crippen LogP contribution >= 0.6 is 23.2 Å². The molecule has 0 unspecified atom stereocenters. The number of hydrogen-bond acceptors (Lipinski definition) is 3. The highest BCUT2D eigenvalue weighted by atomic mass is 35.5. The number of benzene rings is 1. The Morgan fingerprint density at radius 2 is 1.89 bits per heavy atom. The second kappa shape index (κ2) is 7.91. The third-order valence-electron chi connectivity index (χ3n) is 4.65. The Hall–Kier alpha value is -2.04. The molecule has 0 amide bonds. The van der Waals surface area contributed by atoms with Gasteiger partial charge in [0.25, 0.3) is 0 Å². The Balaban J connectivity index is 1.90. The number of ketones is 1. The first-order valence-corrected chi connectivity index (χ1v) is 9.67. The minimum absolute atomic E-state index is 0.0859. The van der Waals surface area contributed by atoms with Gasteiger partial charge in [-0.15, -0.1) is 0 Å². The van der Waals surface area contributed by atoms with Gasteiger partial charge in [-0.1, -0.05) is 30.1 Å². The van der Waals surface area contributed by atoms with Crippen molar-refractivity contribution in [1.29, 1.82) is 0 Å². The van der Waals surface area contributed by atoms with Gasteiger partial charge in [0, 0.05) is 34.6 Å². The molecule has 0 radical (unpaired) electrons. The SMILES string of the molecule is CCCn1c(C)cc(C(=O)COc2c(Cl)cc(Cl)c3ccc(C)nc23)c1C. The quantitative estimate of drug-likeness (QED) is 0.477. The van der Waals surface area contributed by atoms with Gasteiger partial charge in [-0.3, -0.25) is 4.79 Å². The van der Waals surface area contributed by atoms with E-state index in [1.54, 1.807) is 6.07 Å². The van der Waals surface area contributed by atoms with Crippen molar-refractivity contribution in [3.05, 3.63) is 57.0 Å². The van der Waals surface area contributed by atoms with Crippen LogP contribution in [0.5, 0.6) is 5.75 Å². The lowest BCUT2D eigenvalue weighted by Gasteiger charge is -2.12. The normalized spacial score (nSPS) is 11.2. The van der Waals surface area contributed by atoms with Gasteiger partial charge in [0.2, 0.25) is 5.78 Å². The number of halogens is 2. The zero-order chi connectivity index (χ0) is 19.7. The molecule has 27 heavy (non-hydrogen) atoms. The molecule has 0 aliphatic rings. The molecule has 142 valence electrons. The summed E-state index contributed by atoms with van der Waals surface area (Å²) in [6.45, 7) is 8.76. The lowest BCUT2D eigenvalue weighted by atomic mass is 10.1. The van der Waals surface area contributed by atoms with E-state index < -0.39 is 0 Å². The van der Waals surface area contributed by atoms with E-state index in [0.29, 0.717) is 26.9 Å². The summed E-state index contributed by atoms with van der Waals surface area (Å²) in [7, 11) is 0. The number of aryl methyl sites for hydroxylation is 2. The van der Waals surface area contributed by atoms with Crippen molar-refractivity contribution >= 4 is 39.9 Å². The Morgan fingerprint density at radius 1 is 1.15 bits per heavy atom. The van der Waals surface area contributed by atoms with Crippen LogP contribution in [-0.4, -0.2) is 21.9 Å². The molecule has 0 spiro atoms. The van der Waals surface area contributed by atoms with Crippen LogP contribution < -0.4 is 4.74 Å². The van der Waals surface area contributed by atoms with Gasteiger partial charge in [-0.2, -0.15) is 0 Å². The fraction of sp³-hybridized carbons (Fsp3) is 0.333. The molecule has 0 saturated carbocycles. The maximum atomic E-state index is 12.8. The molecule has 0 saturated heterocycles. The van der Waals surface area contributed by atoms with Crippen LogP contribution in [0, 0.1) is 20.8 Å². The smallest absolute Gasteiger partial charge is 0.202 e. The average molecular weight is 405 g/mol. The summed E-state index contributed by atoms with van der Waals surface area (Å²) >= 11 is 12.6. The van der Waals surface area contributed by atoms with Crippen LogP contribution in [0.3, 0.4) is 0 Å². The highest BCUT2D eigenvalue weighted by molar-refractivity contribution is 6.39. The molecule has 6 heteroatoms. The van der Waals surface area contributed by atoms with Gasteiger partial charge >= 0.3 is 0 Å². The van der Waals surface area contributed by atoms with Gasteiger partial charge in [0.05, 0.1) is 10.0 Å². The minimum atomic E-state index is -0.109. The number of aromatic nitrogens is 2. The standard InChI is InChI=1S/C21H22Cl2N2O2/c1-5-8-25-13(3)9-16(14(25)4)19(26)11-27-21-18(23)10-17(22)15-7-6-12(2)24-20(15)21/h6-7,9-10H,5,8,11H2,1-4H3. The Kier molecular flexibility index (Phi) is 5.78. The van der Waals surface area contributed by atoms with Crippen LogP contribution in [0.2, 0.25) is 10.0 Å². The maximum absolute atomic E-state index is 12.8. The van der Waals surface area contributed by atoms with E-state index in [2.05, 4.69) is 16.5 Å². The third-order valence-corrected chi connectivity index (χ3v) is 5.24. The molecule has 0 fully saturated rings. The number of ether oxygens (including phenoxy) is 1. The Bertz CT molecular complexity index is 1020. The van der Waals surface area contributed by atoms with Crippen LogP contribution in [0.25, 0.3) is 10.9 Å². The van der Waals surface area contributed by atoms with E-state index in [0.717, 1.165) is 35.4 Å². The molecular formula is C21H22Cl2N2O2. The van der Waals surface area contributed by atoms with Crippen molar-refractivity contribution in [3.63, 3.8) is 0 Å². The summed E-state index contributed by atoms with van der Waals surface area (Å²) in [5.41, 5.74) is 4.10. The largest absolute Gasteiger partial charge is 0.482 e. The molecule has 0 aliphatic heterocycles. The van der Waals surface area contributed by atoms with Crippen molar-refractivity contribution in [2.45, 2.75) is 40.7 Å². The molecule has 2 aromatic heterocycles. The highest BCUT2D eigenvalue weighted by Gasteiger charge is 2.18. The molecule has 0 atom stereocenters. The predicted octanol–water partition coefficient (Wildman–Crippen LogP) is 5.94. The van der Waals surface area contributed by atoms with Crippen molar-refractivity contribution in [2.24, 2.45) is 0 Å². The Labute approximate surface area is 169 Å². The first kappa shape index (κ1) is 19.7. The average Bonchev–Trinajstić information content (AvgIpc) is 2.89. The number of nitrogens with zero attached hydrogens (tertiary/aromatic N) is 2. The predicted molar refractivity (Wildman–Crippen MR) is 111 cm³/mol. The second-order valence-electron chi connectivity index (χ2n) is 6.67. The number of rotatable bonds is 6. The Morgan fingerprint density at radius 3 is 2.59 bits per heavy atom. The van der Waals surface area contributed by atoms with Crippen molar-refractivity contribution < 1.29 is 9.53 Å². The fourth-order valence-electron chi connectivity index (χ4n) is 3.29. The summed E-state index contributed by atoms with van der Waals surface area (Å²) in [4.78, 5) is 17.3. The zero-order valence-corrected chi connectivity index (χ0v) is 17.4. The summed E-state index contributed by atoms with van der Waals surface area (Å²) in [6, 6.07) is 7.29. The molecule has 2 heterocycles. The lowest BCUT2D eigenvalue weighted by molar-refractivity contribution is 0.0922. The van der Waals surface area contributed by atoms with E-state index in [4.69, 9.17) is 27.9 Å². The first-order valence-electron chi connectivity index (χ1n) is 8.91. The number of carbonyl (C=O) groups is 1. The van der Waals surface area contributed by atoms with Gasteiger partial charge in [0.15, 0.2) is 12.4 Å². The molecule has 3 rings (SSSR count). The van der Waals surface area contributed by atoms with E-state index in [1.165, 1.54) is 0 Å². The van der Waals surface area contributed by atoms with E-state index in [9.17, 15) is 4.79 Å². The number of pyridine rings is 1. The molecule has 1 aromatic carbocycles. The van der Waals surface area contributed by atoms with E-state index in [-0.39, 0.29) is 12.4 Å². The zero-order valence-electron chi connectivity index (χ0n) is 15.9. The van der Waals surface area contributed by atoms with Crippen LogP contribution in [0.1, 0.15) is 40.8 Å². The monoisotopic (exact) mass is 404 g/mol. The summed E-state index contributed by atoms with van der Waals surface area (Å²) in [6.07, 6.45) is 1.01. The highest BCUT2D eigenvalue weighted by Crippen LogP contribution is 2.37. The fourth-order valence-corrected chi connectivity index (χ4v) is 3.86. The van der Waals surface area contributed by atoms with Gasteiger partial charge < -0.3 is 9.30 Å². The molecule has 0 N–H and O–H groups in total. The minimum Gasteiger partial charge on any atom is -0.482 e. The molecule has 0 aliphatic carbocycles. The van der Waals surface area contributed by atoms with Crippen LogP contribution in [-0.2, 0) is 6.54 Å². The molecule has 0 bridgehead atoms. The lowest BCUT2D eigenvalue weighted by Crippen LogP contribution is -2.13. The summed E-state index contributed by atoms with van der Waals surface area (Å²) in [5.74, 6) is 0.299. The van der Waals surface area contributed by atoms with Gasteiger partial charge in [-0.25, -0.2) is 4.98 Å². The summed E-state index contributed by atoms with van der Waals surface area (Å²) < 4.78 is 7.98. The van der Waals surface area contributed by atoms with Crippen LogP contribution in [0.15, 0.2) is 24.3 Å². The van der Waals surface area contributed by atoms with E-state index >= 15 is 0 Å². The summed E-state index contributed by atoms with van der Waals surface area (Å²) in [5, 5.41) is 1.59. The van der Waals surface area contributed by atoms with Crippen molar-refractivity contribution in [1.82, 2.24) is 9.55 Å². The number of fused-ring (bicyclic) bond motifs is 1. The van der Waals surface area contributed by atoms with E-state index in [1.807, 2.05) is 39.0 Å². The number of Topliss-reactive ketones (excluding diaryl/α,β-unsaturated/α-hetero) is 1. The first-order chi connectivity index (χ1) is 12.8. The topological polar surface area (TPSA) is 44.1 Å². The van der Waals surface area contributed by atoms with Gasteiger partial charge in [0.1, 0.15) is 5.52 Å². The molecule has 3 aromatic rings. The maximum Gasteiger partial charge on any atom is 0.202 e. The van der Waals surface area contributed by atoms with Crippen molar-refractivity contribution in [3.8, 4) is 5.75 Å². The van der Waals surface area contributed by atoms with Crippen molar-refractivity contribution in [2.75, 3.05) is 6.61 Å². The van der Waals surface area contributed by atoms with Crippen LogP contribution in [0.4, 0.5) is 0 Å². The van der Waals surface area contributed by atoms with Gasteiger partial charge in [-0.05, 0) is 51.5 Å². The number of carbonyl (C=O) groups excluding carboxylic acids is 1. The molecular weight excluding hydrogens is 383 g/mol.